The summed E-state index contributed by atoms with van der Waals surface area (Å²) in [4.78, 5) is 5.53. The zero-order valence-corrected chi connectivity index (χ0v) is 15.0. The summed E-state index contributed by atoms with van der Waals surface area (Å²) in [6.45, 7) is 5.67. The highest BCUT2D eigenvalue weighted by molar-refractivity contribution is 7.89. The smallest absolute Gasteiger partial charge is 0.262 e. The van der Waals surface area contributed by atoms with E-state index in [-0.39, 0.29) is 16.5 Å². The molecule has 0 spiro atoms. The predicted molar refractivity (Wildman–Crippen MR) is 89.9 cm³/mol. The van der Waals surface area contributed by atoms with Gasteiger partial charge in [-0.15, -0.1) is 11.3 Å². The van der Waals surface area contributed by atoms with E-state index in [0.717, 1.165) is 36.5 Å². The molecule has 2 aliphatic rings. The Labute approximate surface area is 141 Å². The number of imidazole rings is 1. The number of fused-ring (bicyclic) bond motifs is 1. The molecule has 0 aromatic carbocycles. The molecule has 2 aromatic rings. The van der Waals surface area contributed by atoms with Crippen molar-refractivity contribution in [3.63, 3.8) is 0 Å². The molecule has 23 heavy (non-hydrogen) atoms. The third-order valence-corrected chi connectivity index (χ3v) is 7.47. The fourth-order valence-corrected chi connectivity index (χ4v) is 6.70. The van der Waals surface area contributed by atoms with Crippen molar-refractivity contribution in [2.75, 3.05) is 6.54 Å². The fourth-order valence-electron chi connectivity index (χ4n) is 3.69. The van der Waals surface area contributed by atoms with Crippen LogP contribution in [0.5, 0.6) is 0 Å². The second-order valence-electron chi connectivity index (χ2n) is 7.10. The van der Waals surface area contributed by atoms with Crippen molar-refractivity contribution in [1.29, 1.82) is 0 Å². The third kappa shape index (κ3) is 2.37. The molecule has 0 radical (unpaired) electrons. The first kappa shape index (κ1) is 15.4. The van der Waals surface area contributed by atoms with E-state index >= 15 is 0 Å². The molecule has 1 unspecified atom stereocenters. The molecule has 4 rings (SSSR count). The van der Waals surface area contributed by atoms with E-state index in [1.165, 1.54) is 0 Å². The van der Waals surface area contributed by atoms with Crippen molar-refractivity contribution in [2.24, 2.45) is 5.41 Å². The van der Waals surface area contributed by atoms with Crippen LogP contribution in [-0.2, 0) is 23.0 Å². The number of aromatic nitrogens is 2. The minimum Gasteiger partial charge on any atom is -0.333 e. The van der Waals surface area contributed by atoms with E-state index in [4.69, 9.17) is 0 Å². The second kappa shape index (κ2) is 5.16. The molecule has 0 N–H and O–H groups in total. The molecule has 124 valence electrons. The number of aryl methyl sites for hydroxylation is 2. The lowest BCUT2D eigenvalue weighted by atomic mass is 9.76. The summed E-state index contributed by atoms with van der Waals surface area (Å²) >= 11 is 1.62. The third-order valence-electron chi connectivity index (χ3n) is 4.86. The van der Waals surface area contributed by atoms with Crippen molar-refractivity contribution >= 4 is 21.4 Å². The maximum atomic E-state index is 13.1. The summed E-state index contributed by atoms with van der Waals surface area (Å²) in [5.74, 6) is 0.905. The molecule has 0 bridgehead atoms. The molecule has 1 fully saturated rings. The van der Waals surface area contributed by atoms with Gasteiger partial charge in [-0.1, -0.05) is 19.9 Å². The van der Waals surface area contributed by atoms with Gasteiger partial charge < -0.3 is 4.57 Å². The van der Waals surface area contributed by atoms with Crippen LogP contribution in [0.2, 0.25) is 0 Å². The molecule has 7 heteroatoms. The molecular weight excluding hydrogens is 330 g/mol. The van der Waals surface area contributed by atoms with Gasteiger partial charge in [-0.05, 0) is 24.3 Å². The van der Waals surface area contributed by atoms with Gasteiger partial charge in [0, 0.05) is 36.0 Å². The number of thiophene rings is 1. The normalized spacial score (nSPS) is 24.2. The van der Waals surface area contributed by atoms with E-state index < -0.39 is 10.0 Å². The minimum absolute atomic E-state index is 0.0444. The largest absolute Gasteiger partial charge is 0.333 e. The van der Waals surface area contributed by atoms with Crippen molar-refractivity contribution in [1.82, 2.24) is 13.9 Å². The zero-order valence-electron chi connectivity index (χ0n) is 13.4. The quantitative estimate of drug-likeness (QED) is 0.854. The van der Waals surface area contributed by atoms with Crippen LogP contribution in [0.4, 0.5) is 0 Å². The van der Waals surface area contributed by atoms with Crippen molar-refractivity contribution in [2.45, 2.75) is 50.7 Å². The van der Waals surface area contributed by atoms with Crippen LogP contribution in [-0.4, -0.2) is 28.8 Å². The topological polar surface area (TPSA) is 55.2 Å². The van der Waals surface area contributed by atoms with Gasteiger partial charge in [0.05, 0.1) is 6.04 Å². The maximum Gasteiger partial charge on any atom is 0.262 e. The SMILES string of the molecule is CC1(C)CN(S(=O)(=O)c2cn3c(n2)CCCC3)C1c1cccs1. The van der Waals surface area contributed by atoms with E-state index in [1.54, 1.807) is 21.8 Å². The summed E-state index contributed by atoms with van der Waals surface area (Å²) in [5.41, 5.74) is -0.0444. The summed E-state index contributed by atoms with van der Waals surface area (Å²) in [6, 6.07) is 3.91. The van der Waals surface area contributed by atoms with Gasteiger partial charge in [0.15, 0.2) is 5.03 Å². The molecule has 1 atom stereocenters. The molecular formula is C16H21N3O2S2. The van der Waals surface area contributed by atoms with E-state index in [0.29, 0.717) is 6.54 Å². The molecule has 0 amide bonds. The number of nitrogens with zero attached hydrogens (tertiary/aromatic N) is 3. The van der Waals surface area contributed by atoms with Crippen LogP contribution in [0, 0.1) is 5.41 Å². The summed E-state index contributed by atoms with van der Waals surface area (Å²) in [7, 11) is -3.53. The van der Waals surface area contributed by atoms with E-state index in [1.807, 2.05) is 22.1 Å². The Morgan fingerprint density at radius 3 is 2.83 bits per heavy atom. The van der Waals surface area contributed by atoms with Gasteiger partial charge in [0.25, 0.3) is 10.0 Å². The van der Waals surface area contributed by atoms with Gasteiger partial charge in [-0.3, -0.25) is 0 Å². The van der Waals surface area contributed by atoms with Crippen LogP contribution < -0.4 is 0 Å². The first-order chi connectivity index (χ1) is 10.9. The summed E-state index contributed by atoms with van der Waals surface area (Å²) in [6.07, 6.45) is 4.78. The van der Waals surface area contributed by atoms with Crippen molar-refractivity contribution in [3.8, 4) is 0 Å². The van der Waals surface area contributed by atoms with Crippen molar-refractivity contribution in [3.05, 3.63) is 34.4 Å². The number of hydrogen-bond donors (Lipinski definition) is 0. The van der Waals surface area contributed by atoms with Gasteiger partial charge in [-0.25, -0.2) is 13.4 Å². The van der Waals surface area contributed by atoms with Gasteiger partial charge >= 0.3 is 0 Å². The highest BCUT2D eigenvalue weighted by Crippen LogP contribution is 2.51. The van der Waals surface area contributed by atoms with Crippen LogP contribution in [0.25, 0.3) is 0 Å². The Morgan fingerprint density at radius 1 is 1.35 bits per heavy atom. The monoisotopic (exact) mass is 351 g/mol. The Morgan fingerprint density at radius 2 is 2.17 bits per heavy atom. The maximum absolute atomic E-state index is 13.1. The lowest BCUT2D eigenvalue weighted by Crippen LogP contribution is -2.57. The first-order valence-electron chi connectivity index (χ1n) is 8.01. The molecule has 5 nitrogen and oxygen atoms in total. The molecule has 2 aliphatic heterocycles. The molecule has 1 saturated heterocycles. The Bertz CT molecular complexity index is 798. The predicted octanol–water partition coefficient (Wildman–Crippen LogP) is 3.05. The fraction of sp³-hybridized carbons (Fsp3) is 0.562. The van der Waals surface area contributed by atoms with Gasteiger partial charge in [0.1, 0.15) is 5.82 Å². The van der Waals surface area contributed by atoms with Gasteiger partial charge in [-0.2, -0.15) is 4.31 Å². The minimum atomic E-state index is -3.53. The number of sulfonamides is 1. The lowest BCUT2D eigenvalue weighted by Gasteiger charge is -2.52. The average molecular weight is 351 g/mol. The van der Waals surface area contributed by atoms with Crippen LogP contribution in [0.3, 0.4) is 0 Å². The lowest BCUT2D eigenvalue weighted by molar-refractivity contribution is 0.0220. The highest BCUT2D eigenvalue weighted by atomic mass is 32.2. The number of rotatable bonds is 3. The van der Waals surface area contributed by atoms with E-state index in [2.05, 4.69) is 18.8 Å². The Balaban J connectivity index is 1.70. The van der Waals surface area contributed by atoms with Crippen LogP contribution in [0.15, 0.2) is 28.7 Å². The Hall–Kier alpha value is -1.18. The molecule has 2 aromatic heterocycles. The molecule has 4 heterocycles. The summed E-state index contributed by atoms with van der Waals surface area (Å²) in [5, 5.41) is 2.22. The van der Waals surface area contributed by atoms with Gasteiger partial charge in [0.2, 0.25) is 0 Å². The first-order valence-corrected chi connectivity index (χ1v) is 10.3. The number of hydrogen-bond acceptors (Lipinski definition) is 4. The standard InChI is InChI=1S/C16H21N3O2S2/c1-16(2)11-19(15(16)12-6-5-9-22-12)23(20,21)14-10-18-8-4-3-7-13(18)17-14/h5-6,9-10,15H,3-4,7-8,11H2,1-2H3. The van der Waals surface area contributed by atoms with E-state index in [9.17, 15) is 8.42 Å². The van der Waals surface area contributed by atoms with Crippen LogP contribution in [0.1, 0.15) is 43.4 Å². The second-order valence-corrected chi connectivity index (χ2v) is 9.92. The van der Waals surface area contributed by atoms with Crippen LogP contribution >= 0.6 is 11.3 Å². The van der Waals surface area contributed by atoms with Crippen molar-refractivity contribution < 1.29 is 8.42 Å². The summed E-state index contributed by atoms with van der Waals surface area (Å²) < 4.78 is 29.8. The highest BCUT2D eigenvalue weighted by Gasteiger charge is 2.53. The zero-order chi connectivity index (χ0) is 16.2. The molecule has 0 saturated carbocycles. The Kier molecular flexibility index (Phi) is 3.44. The average Bonchev–Trinajstić information content (AvgIpc) is 3.13. The molecule has 0 aliphatic carbocycles.